The number of pyridine rings is 1. The average Bonchev–Trinajstić information content (AvgIpc) is 3.41. The molecule has 8 heteroatoms. The summed E-state index contributed by atoms with van der Waals surface area (Å²) in [7, 11) is 0. The van der Waals surface area contributed by atoms with Gasteiger partial charge in [0.2, 0.25) is 5.91 Å². The topological polar surface area (TPSA) is 112 Å². The summed E-state index contributed by atoms with van der Waals surface area (Å²) in [5.41, 5.74) is 10.7. The third-order valence-corrected chi connectivity index (χ3v) is 7.08. The van der Waals surface area contributed by atoms with E-state index in [4.69, 9.17) is 4.74 Å². The van der Waals surface area contributed by atoms with Gasteiger partial charge in [-0.25, -0.2) is 9.18 Å². The lowest BCUT2D eigenvalue weighted by Crippen LogP contribution is -2.32. The molecule has 0 saturated carbocycles. The molecule has 3 heterocycles. The number of fused-ring (bicyclic) bond motifs is 5. The summed E-state index contributed by atoms with van der Waals surface area (Å²) < 4.78 is 21.2. The number of hydrogen-bond donors (Lipinski definition) is 2. The molecule has 3 aliphatic rings. The Bertz CT molecular complexity index is 1460. The number of esters is 1. The minimum Gasteiger partial charge on any atom is -0.458 e. The second-order valence-corrected chi connectivity index (χ2v) is 8.98. The number of aromatic nitrogens is 1. The van der Waals surface area contributed by atoms with Crippen LogP contribution in [-0.2, 0) is 40.3 Å². The number of benzene rings is 2. The number of nitrogens with zero attached hydrogens (tertiary/aromatic N) is 1. The number of hydrogen-bond acceptors (Lipinski definition) is 5. The average molecular weight is 585 g/mol. The summed E-state index contributed by atoms with van der Waals surface area (Å²) in [4.78, 5) is 34.5. The fourth-order valence-electron chi connectivity index (χ4n) is 5.27. The van der Waals surface area contributed by atoms with E-state index in [1.54, 1.807) is 23.6 Å². The fraction of sp³-hybridized carbons (Fsp3) is 0.500. The molecule has 0 radical (unpaired) electrons. The number of primary amides is 1. The van der Waals surface area contributed by atoms with Gasteiger partial charge in [0.05, 0.1) is 17.8 Å². The fourth-order valence-corrected chi connectivity index (χ4v) is 5.27. The first-order valence-electron chi connectivity index (χ1n) is 15.4. The highest BCUT2D eigenvalue weighted by atomic mass is 19.1. The first kappa shape index (κ1) is 36.5. The molecule has 3 N–H and O–H groups in total. The molecule has 2 aromatic carbocycles. The summed E-state index contributed by atoms with van der Waals surface area (Å²) >= 11 is 0. The quantitative estimate of drug-likeness (QED) is 0.233. The number of nitrogens with two attached hydrogens (primary N) is 1. The molecule has 1 amide bonds. The van der Waals surface area contributed by atoms with E-state index in [1.165, 1.54) is 5.56 Å². The summed E-state index contributed by atoms with van der Waals surface area (Å²) in [6, 6.07) is 5.25. The Morgan fingerprint density at radius 3 is 2.12 bits per heavy atom. The first-order valence-corrected chi connectivity index (χ1v) is 15.4. The molecule has 1 aliphatic carbocycles. The van der Waals surface area contributed by atoms with Gasteiger partial charge in [0.25, 0.3) is 5.56 Å². The van der Waals surface area contributed by atoms with Gasteiger partial charge in [0.15, 0.2) is 6.10 Å². The van der Waals surface area contributed by atoms with E-state index >= 15 is 0 Å². The van der Waals surface area contributed by atoms with Gasteiger partial charge in [0, 0.05) is 17.5 Å². The van der Waals surface area contributed by atoms with Gasteiger partial charge in [-0.05, 0) is 77.4 Å². The Morgan fingerprint density at radius 2 is 1.55 bits per heavy atom. The number of aliphatic hydroxyl groups is 1. The van der Waals surface area contributed by atoms with Crippen LogP contribution >= 0.6 is 0 Å². The monoisotopic (exact) mass is 584 g/mol. The molecule has 6 rings (SSSR count). The Balaban J connectivity index is 0.000000593. The van der Waals surface area contributed by atoms with Gasteiger partial charge >= 0.3 is 5.97 Å². The Labute approximate surface area is 249 Å². The second kappa shape index (κ2) is 16.8. The number of amides is 1. The van der Waals surface area contributed by atoms with Crippen LogP contribution in [0, 0.1) is 12.7 Å². The van der Waals surface area contributed by atoms with Gasteiger partial charge in [-0.1, -0.05) is 62.3 Å². The van der Waals surface area contributed by atoms with E-state index in [2.05, 4.69) is 5.73 Å². The van der Waals surface area contributed by atoms with Crippen molar-refractivity contribution in [3.8, 4) is 11.3 Å². The lowest BCUT2D eigenvalue weighted by atomic mass is 9.82. The molecule has 0 saturated heterocycles. The van der Waals surface area contributed by atoms with Crippen molar-refractivity contribution < 1.29 is 23.8 Å². The summed E-state index contributed by atoms with van der Waals surface area (Å²) in [5, 5.41) is 12.2. The van der Waals surface area contributed by atoms with Crippen molar-refractivity contribution in [3.05, 3.63) is 67.8 Å². The van der Waals surface area contributed by atoms with Crippen LogP contribution < -0.4 is 11.3 Å². The van der Waals surface area contributed by atoms with Crippen LogP contribution in [0.2, 0.25) is 0 Å². The number of aryl methyl sites for hydroxylation is 2. The highest BCUT2D eigenvalue weighted by Gasteiger charge is 2.34. The van der Waals surface area contributed by atoms with Crippen molar-refractivity contribution in [2.24, 2.45) is 5.73 Å². The Morgan fingerprint density at radius 1 is 0.976 bits per heavy atom. The molecule has 42 heavy (non-hydrogen) atoms. The lowest BCUT2D eigenvalue weighted by molar-refractivity contribution is -0.157. The minimum atomic E-state index is -1.45. The maximum atomic E-state index is 14.5. The van der Waals surface area contributed by atoms with Crippen LogP contribution in [0.1, 0.15) is 115 Å². The molecule has 7 nitrogen and oxygen atoms in total. The van der Waals surface area contributed by atoms with Crippen LogP contribution in [-0.4, -0.2) is 21.6 Å². The van der Waals surface area contributed by atoms with E-state index in [9.17, 15) is 23.9 Å². The molecule has 3 aromatic rings. The van der Waals surface area contributed by atoms with Crippen molar-refractivity contribution in [2.45, 2.75) is 114 Å². The second-order valence-electron chi connectivity index (χ2n) is 8.98. The van der Waals surface area contributed by atoms with Crippen molar-refractivity contribution in [3.63, 3.8) is 0 Å². The molecular formula is C34H49FN2O5. The number of ether oxygens (including phenoxy) is 1. The lowest BCUT2D eigenvalue weighted by Gasteiger charge is -2.22. The van der Waals surface area contributed by atoms with Gasteiger partial charge in [-0.3, -0.25) is 9.59 Å². The largest absolute Gasteiger partial charge is 0.458 e. The number of rotatable bonds is 1. The molecule has 1 atom stereocenters. The zero-order valence-corrected chi connectivity index (χ0v) is 27.0. The summed E-state index contributed by atoms with van der Waals surface area (Å²) in [6.07, 6.45) is 1.70. The third-order valence-electron chi connectivity index (χ3n) is 7.08. The van der Waals surface area contributed by atoms with Gasteiger partial charge < -0.3 is 20.1 Å². The zero-order chi connectivity index (χ0) is 32.3. The maximum absolute atomic E-state index is 14.5. The standard InChI is InChI=1S/C23H18FNO4.C3H7NO.4C2H6/c1-10-12-3-2-4-13-16-8-25-19(14(16)5-11(20(12)13)6-18(10)24)7-15-17(22(25)27)9-29-23(28)21(15)26;1-2-3(4)5;4*1-2/h5-7,21,26H,2-4,8-9H2,1H3;2H2,1H3,(H2,4,5);4*1-2H3. The smallest absolute Gasteiger partial charge is 0.340 e. The van der Waals surface area contributed by atoms with E-state index < -0.39 is 12.1 Å². The number of carbonyl (C=O) groups excluding carboxylic acids is 2. The molecule has 1 unspecified atom stereocenters. The summed E-state index contributed by atoms with van der Waals surface area (Å²) in [5.74, 6) is -1.19. The molecule has 232 valence electrons. The van der Waals surface area contributed by atoms with Crippen LogP contribution in [0.4, 0.5) is 4.39 Å². The molecule has 0 fully saturated rings. The minimum absolute atomic E-state index is 0.121. The van der Waals surface area contributed by atoms with E-state index in [0.29, 0.717) is 35.3 Å². The van der Waals surface area contributed by atoms with Gasteiger partial charge in [0.1, 0.15) is 12.4 Å². The molecule has 2 aliphatic heterocycles. The SMILES string of the molecule is CC.CC.CC.CC.CCC(N)=O.Cc1c(F)cc2cc3c(c4c2c1CCC4)Cn1c-3cc2c(c1=O)COC(=O)C2O. The molecule has 0 spiro atoms. The van der Waals surface area contributed by atoms with E-state index in [1.807, 2.05) is 68.4 Å². The van der Waals surface area contributed by atoms with Crippen molar-refractivity contribution in [1.82, 2.24) is 4.57 Å². The number of halogens is 1. The number of aliphatic hydroxyl groups excluding tert-OH is 1. The van der Waals surface area contributed by atoms with Gasteiger partial charge in [-0.15, -0.1) is 0 Å². The highest BCUT2D eigenvalue weighted by molar-refractivity contribution is 5.96. The van der Waals surface area contributed by atoms with Crippen molar-refractivity contribution >= 4 is 22.6 Å². The van der Waals surface area contributed by atoms with Crippen molar-refractivity contribution in [2.75, 3.05) is 0 Å². The highest BCUT2D eigenvalue weighted by Crippen LogP contribution is 2.43. The van der Waals surface area contributed by atoms with Crippen molar-refractivity contribution in [1.29, 1.82) is 0 Å². The van der Waals surface area contributed by atoms with Crippen LogP contribution in [0.5, 0.6) is 0 Å². The summed E-state index contributed by atoms with van der Waals surface area (Å²) in [6.45, 7) is 19.9. The van der Waals surface area contributed by atoms with Crippen LogP contribution in [0.15, 0.2) is 23.0 Å². The van der Waals surface area contributed by atoms with Crippen LogP contribution in [0.3, 0.4) is 0 Å². The Kier molecular flexibility index (Phi) is 14.6. The first-order chi connectivity index (χ1) is 20.2. The van der Waals surface area contributed by atoms with Crippen LogP contribution in [0.25, 0.3) is 22.0 Å². The predicted octanol–water partition coefficient (Wildman–Crippen LogP) is 7.04. The maximum Gasteiger partial charge on any atom is 0.340 e. The molecule has 0 bridgehead atoms. The Hall–Kier alpha value is -3.52. The molecular weight excluding hydrogens is 535 g/mol. The normalized spacial score (nSPS) is 14.6. The van der Waals surface area contributed by atoms with Gasteiger partial charge in [-0.2, -0.15) is 0 Å². The molecule has 1 aromatic heterocycles. The number of cyclic esters (lactones) is 1. The number of carbonyl (C=O) groups is 2. The van der Waals surface area contributed by atoms with E-state index in [-0.39, 0.29) is 23.9 Å². The third kappa shape index (κ3) is 6.92. The van der Waals surface area contributed by atoms with E-state index in [0.717, 1.165) is 46.7 Å². The predicted molar refractivity (Wildman–Crippen MR) is 169 cm³/mol. The zero-order valence-electron chi connectivity index (χ0n) is 27.0.